The van der Waals surface area contributed by atoms with E-state index < -0.39 is 0 Å². The van der Waals surface area contributed by atoms with E-state index >= 15 is 0 Å². The van der Waals surface area contributed by atoms with Crippen molar-refractivity contribution in [3.05, 3.63) is 30.3 Å². The quantitative estimate of drug-likeness (QED) is 0.720. The number of carbonyl (C=O) groups excluding carboxylic acids is 1. The fourth-order valence-corrected chi connectivity index (χ4v) is 1.96. The SMILES string of the molecule is CC(C)(C)NC(=O)NCCN(CCCO)c1ccccc1. The lowest BCUT2D eigenvalue weighted by molar-refractivity contribution is 0.232. The molecule has 0 saturated heterocycles. The number of nitrogens with one attached hydrogen (secondary N) is 2. The maximum Gasteiger partial charge on any atom is 0.315 e. The third-order valence-corrected chi connectivity index (χ3v) is 2.86. The molecule has 0 aliphatic heterocycles. The van der Waals surface area contributed by atoms with E-state index in [1.807, 2.05) is 51.1 Å². The van der Waals surface area contributed by atoms with Crippen molar-refractivity contribution in [1.29, 1.82) is 0 Å². The van der Waals surface area contributed by atoms with Gasteiger partial charge in [-0.05, 0) is 39.3 Å². The van der Waals surface area contributed by atoms with Gasteiger partial charge in [0, 0.05) is 37.5 Å². The fraction of sp³-hybridized carbons (Fsp3) is 0.562. The lowest BCUT2D eigenvalue weighted by atomic mass is 10.1. The molecule has 0 aromatic heterocycles. The van der Waals surface area contributed by atoms with Crippen LogP contribution in [0.1, 0.15) is 27.2 Å². The Morgan fingerprint density at radius 3 is 2.43 bits per heavy atom. The maximum atomic E-state index is 11.7. The maximum absolute atomic E-state index is 11.7. The van der Waals surface area contributed by atoms with Gasteiger partial charge in [-0.2, -0.15) is 0 Å². The molecule has 0 spiro atoms. The summed E-state index contributed by atoms with van der Waals surface area (Å²) in [5, 5.41) is 14.7. The smallest absolute Gasteiger partial charge is 0.315 e. The number of aliphatic hydroxyl groups is 1. The standard InChI is InChI=1S/C16H27N3O2/c1-16(2,3)18-15(21)17-10-12-19(11-7-13-20)14-8-5-4-6-9-14/h4-6,8-9,20H,7,10-13H2,1-3H3,(H2,17,18,21). The first kappa shape index (κ1) is 17.3. The van der Waals surface area contributed by atoms with Crippen molar-refractivity contribution in [2.45, 2.75) is 32.7 Å². The molecular weight excluding hydrogens is 266 g/mol. The third kappa shape index (κ3) is 7.56. The number of urea groups is 1. The average Bonchev–Trinajstić information content (AvgIpc) is 2.41. The van der Waals surface area contributed by atoms with Crippen LogP contribution in [-0.2, 0) is 0 Å². The molecule has 0 aliphatic carbocycles. The summed E-state index contributed by atoms with van der Waals surface area (Å²) < 4.78 is 0. The molecule has 0 radical (unpaired) electrons. The summed E-state index contributed by atoms with van der Waals surface area (Å²) in [6.45, 7) is 8.05. The number of amides is 2. The number of hydrogen-bond acceptors (Lipinski definition) is 3. The molecule has 118 valence electrons. The highest BCUT2D eigenvalue weighted by Crippen LogP contribution is 2.12. The van der Waals surface area contributed by atoms with Gasteiger partial charge < -0.3 is 20.6 Å². The van der Waals surface area contributed by atoms with Gasteiger partial charge in [0.15, 0.2) is 0 Å². The van der Waals surface area contributed by atoms with Crippen molar-refractivity contribution in [2.75, 3.05) is 31.1 Å². The van der Waals surface area contributed by atoms with Crippen LogP contribution in [0.2, 0.25) is 0 Å². The molecule has 1 aromatic rings. The summed E-state index contributed by atoms with van der Waals surface area (Å²) >= 11 is 0. The Morgan fingerprint density at radius 1 is 1.19 bits per heavy atom. The van der Waals surface area contributed by atoms with Crippen LogP contribution in [-0.4, -0.2) is 42.9 Å². The molecule has 0 aliphatic rings. The molecule has 5 nitrogen and oxygen atoms in total. The van der Waals surface area contributed by atoms with Crippen molar-refractivity contribution in [1.82, 2.24) is 10.6 Å². The number of para-hydroxylation sites is 1. The zero-order valence-corrected chi connectivity index (χ0v) is 13.2. The summed E-state index contributed by atoms with van der Waals surface area (Å²) in [7, 11) is 0. The minimum Gasteiger partial charge on any atom is -0.396 e. The van der Waals surface area contributed by atoms with Gasteiger partial charge in [0.1, 0.15) is 0 Å². The molecule has 5 heteroatoms. The number of nitrogens with zero attached hydrogens (tertiary/aromatic N) is 1. The number of anilines is 1. The Kier molecular flexibility index (Phi) is 7.02. The number of rotatable bonds is 7. The Morgan fingerprint density at radius 2 is 1.86 bits per heavy atom. The zero-order valence-electron chi connectivity index (χ0n) is 13.2. The van der Waals surface area contributed by atoms with Crippen molar-refractivity contribution < 1.29 is 9.90 Å². The third-order valence-electron chi connectivity index (χ3n) is 2.86. The van der Waals surface area contributed by atoms with E-state index in [4.69, 9.17) is 5.11 Å². The van der Waals surface area contributed by atoms with Crippen LogP contribution >= 0.6 is 0 Å². The number of hydrogen-bond donors (Lipinski definition) is 3. The van der Waals surface area contributed by atoms with Gasteiger partial charge in [0.2, 0.25) is 0 Å². The topological polar surface area (TPSA) is 64.6 Å². The van der Waals surface area contributed by atoms with E-state index in [2.05, 4.69) is 15.5 Å². The minimum absolute atomic E-state index is 0.155. The van der Waals surface area contributed by atoms with E-state index in [0.717, 1.165) is 12.2 Å². The average molecular weight is 293 g/mol. The molecule has 0 heterocycles. The molecule has 0 unspecified atom stereocenters. The highest BCUT2D eigenvalue weighted by atomic mass is 16.3. The van der Waals surface area contributed by atoms with Crippen LogP contribution in [0.15, 0.2) is 30.3 Å². The molecule has 1 aromatic carbocycles. The van der Waals surface area contributed by atoms with Gasteiger partial charge in [-0.1, -0.05) is 18.2 Å². The molecule has 3 N–H and O–H groups in total. The van der Waals surface area contributed by atoms with Crippen LogP contribution in [0, 0.1) is 0 Å². The fourth-order valence-electron chi connectivity index (χ4n) is 1.96. The normalized spacial score (nSPS) is 11.0. The molecular formula is C16H27N3O2. The number of aliphatic hydroxyl groups excluding tert-OH is 1. The number of benzene rings is 1. The van der Waals surface area contributed by atoms with Crippen molar-refractivity contribution in [3.8, 4) is 0 Å². The molecule has 0 bridgehead atoms. The second-order valence-electron chi connectivity index (χ2n) is 6.03. The Balaban J connectivity index is 2.45. The first-order chi connectivity index (χ1) is 9.92. The molecule has 2 amide bonds. The van der Waals surface area contributed by atoms with Crippen LogP contribution in [0.25, 0.3) is 0 Å². The highest BCUT2D eigenvalue weighted by Gasteiger charge is 2.13. The molecule has 21 heavy (non-hydrogen) atoms. The summed E-state index contributed by atoms with van der Waals surface area (Å²) in [5.74, 6) is 0. The first-order valence-corrected chi connectivity index (χ1v) is 7.39. The van der Waals surface area contributed by atoms with E-state index in [1.54, 1.807) is 0 Å². The molecule has 1 rings (SSSR count). The van der Waals surface area contributed by atoms with Crippen LogP contribution in [0.5, 0.6) is 0 Å². The van der Waals surface area contributed by atoms with E-state index in [9.17, 15) is 4.79 Å². The monoisotopic (exact) mass is 293 g/mol. The van der Waals surface area contributed by atoms with Crippen molar-refractivity contribution >= 4 is 11.7 Å². The van der Waals surface area contributed by atoms with Gasteiger partial charge in [-0.3, -0.25) is 0 Å². The van der Waals surface area contributed by atoms with E-state index in [-0.39, 0.29) is 18.2 Å². The second-order valence-corrected chi connectivity index (χ2v) is 6.03. The summed E-state index contributed by atoms with van der Waals surface area (Å²) in [4.78, 5) is 13.9. The highest BCUT2D eigenvalue weighted by molar-refractivity contribution is 5.74. The van der Waals surface area contributed by atoms with Crippen molar-refractivity contribution in [3.63, 3.8) is 0 Å². The predicted octanol–water partition coefficient (Wildman–Crippen LogP) is 1.97. The van der Waals surface area contributed by atoms with Gasteiger partial charge in [-0.25, -0.2) is 4.79 Å². The molecule has 0 atom stereocenters. The van der Waals surface area contributed by atoms with Gasteiger partial charge in [0.25, 0.3) is 0 Å². The van der Waals surface area contributed by atoms with Crippen LogP contribution < -0.4 is 15.5 Å². The van der Waals surface area contributed by atoms with E-state index in [0.29, 0.717) is 19.5 Å². The molecule has 0 fully saturated rings. The predicted molar refractivity (Wildman–Crippen MR) is 86.6 cm³/mol. The molecule has 0 saturated carbocycles. The van der Waals surface area contributed by atoms with Gasteiger partial charge in [-0.15, -0.1) is 0 Å². The van der Waals surface area contributed by atoms with Crippen LogP contribution in [0.3, 0.4) is 0 Å². The lowest BCUT2D eigenvalue weighted by Gasteiger charge is -2.26. The number of carbonyl (C=O) groups is 1. The van der Waals surface area contributed by atoms with Gasteiger partial charge in [0.05, 0.1) is 0 Å². The Labute approximate surface area is 127 Å². The Bertz CT molecular complexity index is 415. The summed E-state index contributed by atoms with van der Waals surface area (Å²) in [5.41, 5.74) is 0.865. The summed E-state index contributed by atoms with van der Waals surface area (Å²) in [6, 6.07) is 9.86. The van der Waals surface area contributed by atoms with Crippen LogP contribution in [0.4, 0.5) is 10.5 Å². The minimum atomic E-state index is -0.236. The second kappa shape index (κ2) is 8.52. The van der Waals surface area contributed by atoms with E-state index in [1.165, 1.54) is 0 Å². The van der Waals surface area contributed by atoms with Crippen molar-refractivity contribution in [2.24, 2.45) is 0 Å². The zero-order chi connectivity index (χ0) is 15.7. The first-order valence-electron chi connectivity index (χ1n) is 7.39. The summed E-state index contributed by atoms with van der Waals surface area (Å²) in [6.07, 6.45) is 0.711. The Hall–Kier alpha value is -1.75. The lowest BCUT2D eigenvalue weighted by Crippen LogP contribution is -2.48. The van der Waals surface area contributed by atoms with Gasteiger partial charge >= 0.3 is 6.03 Å². The largest absolute Gasteiger partial charge is 0.396 e.